The quantitative estimate of drug-likeness (QED) is 0.327. The van der Waals surface area contributed by atoms with Crippen LogP contribution < -0.4 is 0 Å². The monoisotopic (exact) mass is 243 g/mol. The predicted octanol–water partition coefficient (Wildman–Crippen LogP) is 0.103. The summed E-state index contributed by atoms with van der Waals surface area (Å²) < 4.78 is 15.8. The maximum atomic E-state index is 11.5. The van der Waals surface area contributed by atoms with Crippen molar-refractivity contribution in [2.75, 3.05) is 6.54 Å². The minimum Gasteiger partial charge on any atom is -0.455 e. The highest BCUT2D eigenvalue weighted by Crippen LogP contribution is 2.37. The van der Waals surface area contributed by atoms with Gasteiger partial charge in [0, 0.05) is 4.91 Å². The number of hydrogen-bond donors (Lipinski definition) is 1. The number of fused-ring (bicyclic) bond motifs is 1. The van der Waals surface area contributed by atoms with Crippen LogP contribution in [0.3, 0.4) is 0 Å². The Hall–Kier alpha value is -1.34. The Balaban J connectivity index is 2.10. The van der Waals surface area contributed by atoms with Crippen LogP contribution in [0.5, 0.6) is 0 Å². The van der Waals surface area contributed by atoms with Gasteiger partial charge < -0.3 is 19.3 Å². The van der Waals surface area contributed by atoms with Crippen LogP contribution in [0.1, 0.15) is 13.8 Å². The van der Waals surface area contributed by atoms with Gasteiger partial charge in [-0.05, 0) is 19.4 Å². The van der Waals surface area contributed by atoms with Crippen molar-refractivity contribution in [1.29, 1.82) is 0 Å². The van der Waals surface area contributed by atoms with E-state index >= 15 is 0 Å². The number of ether oxygens (including phenoxy) is 3. The van der Waals surface area contributed by atoms with Crippen LogP contribution in [-0.4, -0.2) is 47.8 Å². The van der Waals surface area contributed by atoms with E-state index in [0.717, 1.165) is 0 Å². The molecule has 0 radical (unpaired) electrons. The number of rotatable bonds is 3. The van der Waals surface area contributed by atoms with Crippen LogP contribution in [0.25, 0.3) is 10.4 Å². The number of azide groups is 1. The molecule has 0 aliphatic carbocycles. The van der Waals surface area contributed by atoms with Crippen molar-refractivity contribution in [2.45, 2.75) is 44.1 Å². The molecule has 0 aromatic heterocycles. The summed E-state index contributed by atoms with van der Waals surface area (Å²) in [5, 5.41) is 13.0. The number of nitrogens with zero attached hydrogens (tertiary/aromatic N) is 3. The molecular formula is C9H13N3O5. The Labute approximate surface area is 97.1 Å². The van der Waals surface area contributed by atoms with E-state index in [1.165, 1.54) is 0 Å². The van der Waals surface area contributed by atoms with Gasteiger partial charge in [-0.1, -0.05) is 5.11 Å². The molecule has 2 rings (SSSR count). The van der Waals surface area contributed by atoms with Crippen LogP contribution in [0.15, 0.2) is 5.11 Å². The minimum atomic E-state index is -1.10. The Morgan fingerprint density at radius 3 is 2.94 bits per heavy atom. The molecule has 0 spiro atoms. The lowest BCUT2D eigenvalue weighted by molar-refractivity contribution is -0.193. The average molecular weight is 243 g/mol. The Morgan fingerprint density at radius 1 is 1.59 bits per heavy atom. The van der Waals surface area contributed by atoms with Crippen molar-refractivity contribution in [1.82, 2.24) is 0 Å². The Kier molecular flexibility index (Phi) is 2.96. The molecule has 2 fully saturated rings. The topological polar surface area (TPSA) is 114 Å². The molecule has 0 saturated carbocycles. The predicted molar refractivity (Wildman–Crippen MR) is 53.7 cm³/mol. The third kappa shape index (κ3) is 2.20. The molecule has 0 amide bonds. The van der Waals surface area contributed by atoms with Crippen molar-refractivity contribution >= 4 is 5.97 Å². The molecule has 0 bridgehead atoms. The molecule has 8 nitrogen and oxygen atoms in total. The summed E-state index contributed by atoms with van der Waals surface area (Å²) in [5.74, 6) is -1.45. The van der Waals surface area contributed by atoms with Gasteiger partial charge in [0.1, 0.15) is 6.10 Å². The molecule has 2 aliphatic heterocycles. The number of cyclic esters (lactones) is 1. The van der Waals surface area contributed by atoms with E-state index in [4.69, 9.17) is 19.7 Å². The van der Waals surface area contributed by atoms with Crippen molar-refractivity contribution in [3.05, 3.63) is 10.4 Å². The van der Waals surface area contributed by atoms with E-state index in [-0.39, 0.29) is 6.54 Å². The smallest absolute Gasteiger partial charge is 0.338 e. The maximum Gasteiger partial charge on any atom is 0.338 e. The molecule has 0 aromatic rings. The fraction of sp³-hybridized carbons (Fsp3) is 0.889. The molecule has 1 N–H and O–H groups in total. The molecule has 17 heavy (non-hydrogen) atoms. The normalized spacial score (nSPS) is 35.9. The zero-order valence-electron chi connectivity index (χ0n) is 9.44. The highest BCUT2D eigenvalue weighted by Gasteiger charge is 2.57. The number of esters is 1. The van der Waals surface area contributed by atoms with Crippen molar-refractivity contribution < 1.29 is 24.1 Å². The second-order valence-corrected chi connectivity index (χ2v) is 4.40. The van der Waals surface area contributed by atoms with Gasteiger partial charge in [0.2, 0.25) is 0 Å². The standard InChI is InChI=1S/C9H13N3O5/c1-9(2)16-6-5(4(13)3-11-12-10)15-8(14)7(6)17-9/h4-7,13H,3H2,1-2H3/t4-,5-,6+,7+/m1/s1. The first-order chi connectivity index (χ1) is 7.94. The van der Waals surface area contributed by atoms with Crippen molar-refractivity contribution in [3.8, 4) is 0 Å². The maximum absolute atomic E-state index is 11.5. The number of aliphatic hydroxyl groups excluding tert-OH is 1. The van der Waals surface area contributed by atoms with Crippen LogP contribution in [-0.2, 0) is 19.0 Å². The van der Waals surface area contributed by atoms with Crippen LogP contribution >= 0.6 is 0 Å². The zero-order chi connectivity index (χ0) is 12.6. The Bertz CT molecular complexity index is 379. The first kappa shape index (κ1) is 12.1. The lowest BCUT2D eigenvalue weighted by Crippen LogP contribution is -2.40. The highest BCUT2D eigenvalue weighted by molar-refractivity contribution is 5.78. The number of carbonyl (C=O) groups is 1. The molecule has 94 valence electrons. The van der Waals surface area contributed by atoms with Gasteiger partial charge >= 0.3 is 5.97 Å². The fourth-order valence-electron chi connectivity index (χ4n) is 2.00. The van der Waals surface area contributed by atoms with Crippen molar-refractivity contribution in [2.24, 2.45) is 5.11 Å². The average Bonchev–Trinajstić information content (AvgIpc) is 2.71. The molecular weight excluding hydrogens is 230 g/mol. The molecule has 0 unspecified atom stereocenters. The highest BCUT2D eigenvalue weighted by atomic mass is 16.8. The van der Waals surface area contributed by atoms with Gasteiger partial charge in [-0.2, -0.15) is 0 Å². The lowest BCUT2D eigenvalue weighted by Gasteiger charge is -2.23. The zero-order valence-corrected chi connectivity index (χ0v) is 9.44. The molecule has 2 heterocycles. The molecule has 0 aromatic carbocycles. The van der Waals surface area contributed by atoms with Gasteiger partial charge in [0.15, 0.2) is 18.0 Å². The summed E-state index contributed by atoms with van der Waals surface area (Å²) in [6.07, 6.45) is -3.45. The largest absolute Gasteiger partial charge is 0.455 e. The number of hydrogen-bond acceptors (Lipinski definition) is 6. The SMILES string of the molecule is CC1(C)O[C@H]2[C@@H]([C@H](O)CN=[N+]=[N-])OC(=O)[C@H]2O1. The van der Waals surface area contributed by atoms with E-state index in [1.54, 1.807) is 13.8 Å². The van der Waals surface area contributed by atoms with Gasteiger partial charge in [-0.3, -0.25) is 0 Å². The summed E-state index contributed by atoms with van der Waals surface area (Å²) in [4.78, 5) is 14.0. The molecule has 2 aliphatic rings. The van der Waals surface area contributed by atoms with E-state index < -0.39 is 36.2 Å². The Morgan fingerprint density at radius 2 is 2.29 bits per heavy atom. The third-order valence-electron chi connectivity index (χ3n) is 2.65. The second kappa shape index (κ2) is 4.15. The third-order valence-corrected chi connectivity index (χ3v) is 2.65. The number of carbonyl (C=O) groups excluding carboxylic acids is 1. The van der Waals surface area contributed by atoms with E-state index in [1.807, 2.05) is 0 Å². The van der Waals surface area contributed by atoms with E-state index in [9.17, 15) is 9.90 Å². The van der Waals surface area contributed by atoms with Crippen molar-refractivity contribution in [3.63, 3.8) is 0 Å². The summed E-state index contributed by atoms with van der Waals surface area (Å²) in [5.41, 5.74) is 8.16. The second-order valence-electron chi connectivity index (χ2n) is 4.40. The lowest BCUT2D eigenvalue weighted by atomic mass is 10.1. The fourth-order valence-corrected chi connectivity index (χ4v) is 2.00. The first-order valence-corrected chi connectivity index (χ1v) is 5.19. The van der Waals surface area contributed by atoms with Gasteiger partial charge in [-0.25, -0.2) is 4.79 Å². The molecule has 4 atom stereocenters. The summed E-state index contributed by atoms with van der Waals surface area (Å²) in [6.45, 7) is 3.17. The van der Waals surface area contributed by atoms with E-state index in [0.29, 0.717) is 0 Å². The first-order valence-electron chi connectivity index (χ1n) is 5.19. The van der Waals surface area contributed by atoms with Gasteiger partial charge in [0.05, 0.1) is 12.6 Å². The molecule has 2 saturated heterocycles. The summed E-state index contributed by atoms with van der Waals surface area (Å²) in [7, 11) is 0. The number of aliphatic hydroxyl groups is 1. The molecule has 8 heteroatoms. The van der Waals surface area contributed by atoms with E-state index in [2.05, 4.69) is 10.0 Å². The van der Waals surface area contributed by atoms with Crippen LogP contribution in [0, 0.1) is 0 Å². The van der Waals surface area contributed by atoms with Gasteiger partial charge in [-0.15, -0.1) is 0 Å². The summed E-state index contributed by atoms with van der Waals surface area (Å²) in [6, 6.07) is 0. The van der Waals surface area contributed by atoms with Gasteiger partial charge in [0.25, 0.3) is 0 Å². The van der Waals surface area contributed by atoms with Crippen LogP contribution in [0.4, 0.5) is 0 Å². The summed E-state index contributed by atoms with van der Waals surface area (Å²) >= 11 is 0. The minimum absolute atomic E-state index is 0.179. The van der Waals surface area contributed by atoms with Crippen LogP contribution in [0.2, 0.25) is 0 Å².